The number of carbonyl (C=O) groups excluding carboxylic acids is 1. The van der Waals surface area contributed by atoms with Gasteiger partial charge in [0.2, 0.25) is 0 Å². The van der Waals surface area contributed by atoms with Crippen molar-refractivity contribution in [2.75, 3.05) is 11.1 Å². The average molecular weight is 475 g/mol. The summed E-state index contributed by atoms with van der Waals surface area (Å²) in [5.74, 6) is -0.348. The topological polar surface area (TPSA) is 106 Å². The van der Waals surface area contributed by atoms with Crippen LogP contribution in [0.3, 0.4) is 0 Å². The summed E-state index contributed by atoms with van der Waals surface area (Å²) < 4.78 is 26.1. The van der Waals surface area contributed by atoms with Gasteiger partial charge in [0.1, 0.15) is 0 Å². The summed E-state index contributed by atoms with van der Waals surface area (Å²) in [6.45, 7) is 0. The number of nitrogens with one attached hydrogen (secondary N) is 1. The zero-order valence-corrected chi connectivity index (χ0v) is 17.4. The molecule has 1 atom stereocenters. The van der Waals surface area contributed by atoms with E-state index in [0.717, 1.165) is 5.56 Å². The average Bonchev–Trinajstić information content (AvgIpc) is 3.04. The highest BCUT2D eigenvalue weighted by Crippen LogP contribution is 2.37. The highest BCUT2D eigenvalue weighted by Gasteiger charge is 2.26. The Labute approximate surface area is 174 Å². The third-order valence-corrected chi connectivity index (χ3v) is 7.72. The first-order valence-corrected chi connectivity index (χ1v) is 11.3. The zero-order chi connectivity index (χ0) is 20.8. The van der Waals surface area contributed by atoms with Crippen LogP contribution >= 0.6 is 15.9 Å². The van der Waals surface area contributed by atoms with Gasteiger partial charge >= 0.3 is 0 Å². The highest BCUT2D eigenvalue weighted by molar-refractivity contribution is 9.09. The smallest absolute Gasteiger partial charge is 0.269 e. The van der Waals surface area contributed by atoms with Crippen molar-refractivity contribution in [1.82, 2.24) is 0 Å². The number of anilines is 1. The number of hydrogen-bond donors (Lipinski definition) is 1. The van der Waals surface area contributed by atoms with Crippen molar-refractivity contribution in [1.29, 1.82) is 0 Å². The lowest BCUT2D eigenvalue weighted by molar-refractivity contribution is -0.384. The maximum absolute atomic E-state index is 13.0. The first kappa shape index (κ1) is 19.5. The largest absolute Gasteiger partial charge is 0.321 e. The van der Waals surface area contributed by atoms with Gasteiger partial charge in [0.15, 0.2) is 9.84 Å². The van der Waals surface area contributed by atoms with Crippen LogP contribution in [0.2, 0.25) is 0 Å². The molecule has 3 aromatic carbocycles. The second-order valence-electron chi connectivity index (χ2n) is 6.72. The maximum Gasteiger partial charge on any atom is 0.269 e. The number of benzene rings is 3. The molecule has 1 heterocycles. The standard InChI is InChI=1S/C20H15BrN2O5S/c21-16(12-4-6-13(7-5-12)23(25)26)10-11-29(27,28)18-9-8-17-19-14(18)2-1-3-15(19)20(24)22-17/h1-9,16H,10-11H2,(H,22,24). The molecular formula is C20H15BrN2O5S. The van der Waals surface area contributed by atoms with Crippen molar-refractivity contribution in [2.24, 2.45) is 0 Å². The molecule has 0 saturated carbocycles. The minimum Gasteiger partial charge on any atom is -0.321 e. The number of non-ortho nitro benzene ring substituents is 1. The first-order chi connectivity index (χ1) is 13.8. The van der Waals surface area contributed by atoms with E-state index in [9.17, 15) is 23.3 Å². The van der Waals surface area contributed by atoms with Crippen molar-refractivity contribution < 1.29 is 18.1 Å². The Morgan fingerprint density at radius 1 is 1.07 bits per heavy atom. The van der Waals surface area contributed by atoms with Gasteiger partial charge in [0.05, 0.1) is 15.6 Å². The second-order valence-corrected chi connectivity index (χ2v) is 9.90. The number of sulfone groups is 1. The Morgan fingerprint density at radius 2 is 1.79 bits per heavy atom. The third kappa shape index (κ3) is 3.51. The predicted molar refractivity (Wildman–Crippen MR) is 113 cm³/mol. The van der Waals surface area contributed by atoms with Gasteiger partial charge in [-0.3, -0.25) is 14.9 Å². The molecule has 0 radical (unpaired) electrons. The molecule has 4 rings (SSSR count). The van der Waals surface area contributed by atoms with Gasteiger partial charge < -0.3 is 5.32 Å². The number of hydrogen-bond acceptors (Lipinski definition) is 5. The molecule has 1 unspecified atom stereocenters. The van der Waals surface area contributed by atoms with Crippen molar-refractivity contribution >= 4 is 53.8 Å². The van der Waals surface area contributed by atoms with Crippen LogP contribution in [-0.2, 0) is 9.84 Å². The van der Waals surface area contributed by atoms with Gasteiger partial charge in [0, 0.05) is 39.0 Å². The van der Waals surface area contributed by atoms with E-state index in [1.165, 1.54) is 18.2 Å². The van der Waals surface area contributed by atoms with Gasteiger partial charge in [-0.05, 0) is 30.2 Å². The summed E-state index contributed by atoms with van der Waals surface area (Å²) in [5.41, 5.74) is 1.83. The molecular weight excluding hydrogens is 460 g/mol. The lowest BCUT2D eigenvalue weighted by atomic mass is 10.1. The zero-order valence-electron chi connectivity index (χ0n) is 15.0. The molecule has 0 fully saturated rings. The van der Waals surface area contributed by atoms with E-state index in [4.69, 9.17) is 0 Å². The molecule has 0 saturated heterocycles. The maximum atomic E-state index is 13.0. The molecule has 7 nitrogen and oxygen atoms in total. The number of nitro benzene ring substituents is 1. The van der Waals surface area contributed by atoms with Gasteiger partial charge in [-0.1, -0.05) is 40.2 Å². The Kier molecular flexibility index (Phi) is 4.87. The monoisotopic (exact) mass is 474 g/mol. The summed E-state index contributed by atoms with van der Waals surface area (Å²) in [4.78, 5) is 22.2. The number of nitro groups is 1. The normalized spacial score (nSPS) is 14.0. The summed E-state index contributed by atoms with van der Waals surface area (Å²) in [6, 6.07) is 14.2. The molecule has 0 aliphatic carbocycles. The minimum atomic E-state index is -3.61. The van der Waals surface area contributed by atoms with Crippen molar-refractivity contribution in [3.63, 3.8) is 0 Å². The fourth-order valence-electron chi connectivity index (χ4n) is 3.47. The van der Waals surface area contributed by atoms with E-state index in [1.54, 1.807) is 36.4 Å². The molecule has 3 aromatic rings. The van der Waals surface area contributed by atoms with Crippen molar-refractivity contribution in [3.05, 3.63) is 75.8 Å². The fraction of sp³-hybridized carbons (Fsp3) is 0.150. The van der Waals surface area contributed by atoms with Crippen LogP contribution in [0.5, 0.6) is 0 Å². The van der Waals surface area contributed by atoms with Crippen molar-refractivity contribution in [2.45, 2.75) is 16.1 Å². The Bertz CT molecular complexity index is 1260. The number of alkyl halides is 1. The summed E-state index contributed by atoms with van der Waals surface area (Å²) in [5, 5.41) is 14.7. The van der Waals surface area contributed by atoms with Crippen LogP contribution in [0.25, 0.3) is 10.8 Å². The van der Waals surface area contributed by atoms with E-state index >= 15 is 0 Å². The quantitative estimate of drug-likeness (QED) is 0.318. The van der Waals surface area contributed by atoms with E-state index in [2.05, 4.69) is 21.2 Å². The lowest BCUT2D eigenvalue weighted by Crippen LogP contribution is -2.09. The van der Waals surface area contributed by atoms with Crippen LogP contribution in [0.1, 0.15) is 27.2 Å². The van der Waals surface area contributed by atoms with Crippen LogP contribution in [-0.4, -0.2) is 25.0 Å². The van der Waals surface area contributed by atoms with E-state index < -0.39 is 14.8 Å². The molecule has 1 N–H and O–H groups in total. The third-order valence-electron chi connectivity index (χ3n) is 4.93. The number of nitrogens with zero attached hydrogens (tertiary/aromatic N) is 1. The molecule has 0 aromatic heterocycles. The molecule has 29 heavy (non-hydrogen) atoms. The molecule has 148 valence electrons. The van der Waals surface area contributed by atoms with E-state index in [1.807, 2.05) is 0 Å². The Morgan fingerprint density at radius 3 is 2.48 bits per heavy atom. The van der Waals surface area contributed by atoms with Gasteiger partial charge in [0.25, 0.3) is 11.6 Å². The first-order valence-electron chi connectivity index (χ1n) is 8.76. The summed E-state index contributed by atoms with van der Waals surface area (Å²) in [6.07, 6.45) is 0.292. The number of amides is 1. The molecule has 0 spiro atoms. The van der Waals surface area contributed by atoms with Crippen LogP contribution < -0.4 is 5.32 Å². The number of carbonyl (C=O) groups is 1. The molecule has 1 aliphatic heterocycles. The fourth-order valence-corrected chi connectivity index (χ4v) is 5.86. The summed E-state index contributed by atoms with van der Waals surface area (Å²) >= 11 is 3.47. The molecule has 9 heteroatoms. The van der Waals surface area contributed by atoms with E-state index in [-0.39, 0.29) is 27.1 Å². The Hall–Kier alpha value is -2.78. The molecule has 0 bridgehead atoms. The molecule has 1 aliphatic rings. The molecule has 1 amide bonds. The SMILES string of the molecule is O=C1Nc2ccc(S(=O)(=O)CCC(Br)c3ccc([N+](=O)[O-])cc3)c3cccc1c23. The summed E-state index contributed by atoms with van der Waals surface area (Å²) in [7, 11) is -3.61. The Balaban J connectivity index is 1.59. The van der Waals surface area contributed by atoms with Gasteiger partial charge in [-0.2, -0.15) is 0 Å². The van der Waals surface area contributed by atoms with Crippen LogP contribution in [0, 0.1) is 10.1 Å². The number of rotatable bonds is 6. The minimum absolute atomic E-state index is 0.0166. The van der Waals surface area contributed by atoms with Gasteiger partial charge in [-0.15, -0.1) is 0 Å². The highest BCUT2D eigenvalue weighted by atomic mass is 79.9. The number of halogens is 1. The second kappa shape index (κ2) is 7.23. The van der Waals surface area contributed by atoms with E-state index in [0.29, 0.717) is 28.4 Å². The van der Waals surface area contributed by atoms with Crippen molar-refractivity contribution in [3.8, 4) is 0 Å². The lowest BCUT2D eigenvalue weighted by Gasteiger charge is -2.12. The van der Waals surface area contributed by atoms with Crippen LogP contribution in [0.15, 0.2) is 59.5 Å². The predicted octanol–water partition coefficient (Wildman–Crippen LogP) is 4.61. The van der Waals surface area contributed by atoms with Crippen LogP contribution in [0.4, 0.5) is 11.4 Å². The van der Waals surface area contributed by atoms with Gasteiger partial charge in [-0.25, -0.2) is 8.42 Å².